The van der Waals surface area contributed by atoms with Gasteiger partial charge in [-0.15, -0.1) is 0 Å². The van der Waals surface area contributed by atoms with Crippen molar-refractivity contribution < 1.29 is 4.79 Å². The highest BCUT2D eigenvalue weighted by Crippen LogP contribution is 2.25. The van der Waals surface area contributed by atoms with Crippen LogP contribution in [0, 0.1) is 5.41 Å². The van der Waals surface area contributed by atoms with E-state index in [-0.39, 0.29) is 11.3 Å². The van der Waals surface area contributed by atoms with Crippen LogP contribution in [-0.2, 0) is 4.79 Å². The summed E-state index contributed by atoms with van der Waals surface area (Å²) < 4.78 is 0. The largest absolute Gasteiger partial charge is 0.352 e. The van der Waals surface area contributed by atoms with Crippen LogP contribution in [0.3, 0.4) is 0 Å². The molecule has 0 saturated carbocycles. The molecule has 3 nitrogen and oxygen atoms in total. The Morgan fingerprint density at radius 2 is 1.93 bits per heavy atom. The van der Waals surface area contributed by atoms with Crippen LogP contribution in [0.15, 0.2) is 12.2 Å². The van der Waals surface area contributed by atoms with Crippen LogP contribution in [0.25, 0.3) is 0 Å². The Morgan fingerprint density at radius 1 is 1.40 bits per heavy atom. The van der Waals surface area contributed by atoms with Crippen molar-refractivity contribution in [1.82, 2.24) is 5.32 Å². The molecular formula is C12H22N2O. The highest BCUT2D eigenvalue weighted by Gasteiger charge is 2.34. The normalized spacial score (nSPS) is 17.0. The summed E-state index contributed by atoms with van der Waals surface area (Å²) in [6.07, 6.45) is 7.78. The number of nitrogens with two attached hydrogens (primary N) is 1. The van der Waals surface area contributed by atoms with Gasteiger partial charge in [0.1, 0.15) is 0 Å². The monoisotopic (exact) mass is 210 g/mol. The summed E-state index contributed by atoms with van der Waals surface area (Å²) in [6, 6.07) is 0.293. The predicted octanol–water partition coefficient (Wildman–Crippen LogP) is 1.59. The maximum Gasteiger partial charge on any atom is 0.227 e. The Bertz CT molecular complexity index is 228. The molecule has 15 heavy (non-hydrogen) atoms. The maximum absolute atomic E-state index is 12.1. The van der Waals surface area contributed by atoms with Gasteiger partial charge >= 0.3 is 0 Å². The number of carbonyl (C=O) groups excluding carboxylic acids is 1. The zero-order valence-electron chi connectivity index (χ0n) is 9.75. The Balaban J connectivity index is 2.56. The van der Waals surface area contributed by atoms with Gasteiger partial charge in [-0.05, 0) is 25.7 Å². The second kappa shape index (κ2) is 5.31. The molecule has 0 bridgehead atoms. The van der Waals surface area contributed by atoms with E-state index in [9.17, 15) is 4.79 Å². The molecule has 3 heteroatoms. The van der Waals surface area contributed by atoms with Gasteiger partial charge in [-0.2, -0.15) is 0 Å². The van der Waals surface area contributed by atoms with Crippen LogP contribution in [0.1, 0.15) is 39.5 Å². The zero-order chi connectivity index (χ0) is 11.3. The molecule has 0 unspecified atom stereocenters. The second-order valence-corrected chi connectivity index (χ2v) is 4.30. The minimum Gasteiger partial charge on any atom is -0.352 e. The van der Waals surface area contributed by atoms with Gasteiger partial charge < -0.3 is 11.1 Å². The topological polar surface area (TPSA) is 55.1 Å². The molecule has 0 radical (unpaired) electrons. The molecule has 1 rings (SSSR count). The highest BCUT2D eigenvalue weighted by atomic mass is 16.2. The van der Waals surface area contributed by atoms with Crippen LogP contribution < -0.4 is 11.1 Å². The molecule has 0 atom stereocenters. The molecule has 1 aliphatic rings. The zero-order valence-corrected chi connectivity index (χ0v) is 9.75. The van der Waals surface area contributed by atoms with Crippen LogP contribution in [-0.4, -0.2) is 18.5 Å². The van der Waals surface area contributed by atoms with Crippen molar-refractivity contribution in [2.24, 2.45) is 11.1 Å². The van der Waals surface area contributed by atoms with Crippen LogP contribution >= 0.6 is 0 Å². The van der Waals surface area contributed by atoms with E-state index in [1.165, 1.54) is 0 Å². The molecule has 0 fully saturated rings. The van der Waals surface area contributed by atoms with Crippen LogP contribution in [0.2, 0.25) is 0 Å². The molecule has 0 aromatic carbocycles. The summed E-state index contributed by atoms with van der Waals surface area (Å²) in [6.45, 7) is 4.50. The van der Waals surface area contributed by atoms with Gasteiger partial charge in [0, 0.05) is 12.6 Å². The quantitative estimate of drug-likeness (QED) is 0.677. The minimum absolute atomic E-state index is 0.128. The van der Waals surface area contributed by atoms with E-state index in [1.807, 2.05) is 13.8 Å². The average molecular weight is 210 g/mol. The lowest BCUT2D eigenvalue weighted by Gasteiger charge is -2.30. The van der Waals surface area contributed by atoms with Gasteiger partial charge in [0.25, 0.3) is 0 Å². The third kappa shape index (κ3) is 2.59. The summed E-state index contributed by atoms with van der Waals surface area (Å²) in [5.41, 5.74) is 5.37. The lowest BCUT2D eigenvalue weighted by Crippen LogP contribution is -2.48. The van der Waals surface area contributed by atoms with E-state index in [0.29, 0.717) is 12.6 Å². The lowest BCUT2D eigenvalue weighted by molar-refractivity contribution is -0.131. The van der Waals surface area contributed by atoms with Crippen molar-refractivity contribution >= 4 is 5.91 Å². The summed E-state index contributed by atoms with van der Waals surface area (Å²) in [4.78, 5) is 12.1. The number of amides is 1. The van der Waals surface area contributed by atoms with Gasteiger partial charge in [0.2, 0.25) is 5.91 Å². The number of nitrogens with one attached hydrogen (secondary N) is 1. The first-order chi connectivity index (χ1) is 7.18. The standard InChI is InChI=1S/C12H22N2O/c1-3-12(4-2,9-13)11(15)14-10-7-5-6-8-10/h5-6,10H,3-4,7-9,13H2,1-2H3,(H,14,15). The lowest BCUT2D eigenvalue weighted by atomic mass is 9.81. The van der Waals surface area contributed by atoms with E-state index in [0.717, 1.165) is 25.7 Å². The molecule has 1 amide bonds. The Kier molecular flexibility index (Phi) is 4.33. The van der Waals surface area contributed by atoms with Crippen LogP contribution in [0.5, 0.6) is 0 Å². The smallest absolute Gasteiger partial charge is 0.227 e. The van der Waals surface area contributed by atoms with Crippen LogP contribution in [0.4, 0.5) is 0 Å². The van der Waals surface area contributed by atoms with Crippen molar-refractivity contribution in [3.63, 3.8) is 0 Å². The highest BCUT2D eigenvalue weighted by molar-refractivity contribution is 5.83. The minimum atomic E-state index is -0.359. The molecule has 0 aromatic heterocycles. The van der Waals surface area contributed by atoms with Gasteiger partial charge in [0.15, 0.2) is 0 Å². The summed E-state index contributed by atoms with van der Waals surface area (Å²) in [5.74, 6) is 0.128. The van der Waals surface area contributed by atoms with Crippen molar-refractivity contribution in [2.45, 2.75) is 45.6 Å². The predicted molar refractivity (Wildman–Crippen MR) is 62.4 cm³/mol. The van der Waals surface area contributed by atoms with E-state index in [1.54, 1.807) is 0 Å². The number of rotatable bonds is 5. The molecule has 0 spiro atoms. The first-order valence-corrected chi connectivity index (χ1v) is 5.84. The Hall–Kier alpha value is -0.830. The first kappa shape index (κ1) is 12.2. The first-order valence-electron chi connectivity index (χ1n) is 5.84. The molecule has 0 saturated heterocycles. The van der Waals surface area contributed by atoms with E-state index >= 15 is 0 Å². The molecule has 0 aromatic rings. The maximum atomic E-state index is 12.1. The summed E-state index contributed by atoms with van der Waals surface area (Å²) in [7, 11) is 0. The molecule has 3 N–H and O–H groups in total. The summed E-state index contributed by atoms with van der Waals surface area (Å²) >= 11 is 0. The third-order valence-electron chi connectivity index (χ3n) is 3.57. The fraction of sp³-hybridized carbons (Fsp3) is 0.750. The molecule has 1 aliphatic carbocycles. The van der Waals surface area contributed by atoms with Crippen molar-refractivity contribution in [3.8, 4) is 0 Å². The number of carbonyl (C=O) groups is 1. The van der Waals surface area contributed by atoms with Gasteiger partial charge in [-0.3, -0.25) is 4.79 Å². The van der Waals surface area contributed by atoms with Gasteiger partial charge in [-0.1, -0.05) is 26.0 Å². The molecular weight excluding hydrogens is 188 g/mol. The second-order valence-electron chi connectivity index (χ2n) is 4.30. The Morgan fingerprint density at radius 3 is 2.33 bits per heavy atom. The fourth-order valence-electron chi connectivity index (χ4n) is 2.03. The van der Waals surface area contributed by atoms with E-state index in [4.69, 9.17) is 5.73 Å². The van der Waals surface area contributed by atoms with E-state index < -0.39 is 0 Å². The van der Waals surface area contributed by atoms with Crippen molar-refractivity contribution in [1.29, 1.82) is 0 Å². The van der Waals surface area contributed by atoms with Crippen molar-refractivity contribution in [2.75, 3.05) is 6.54 Å². The number of hydrogen-bond donors (Lipinski definition) is 2. The Labute approximate surface area is 92.1 Å². The number of hydrogen-bond acceptors (Lipinski definition) is 2. The molecule has 0 heterocycles. The summed E-state index contributed by atoms with van der Waals surface area (Å²) in [5, 5.41) is 3.09. The SMILES string of the molecule is CCC(CC)(CN)C(=O)NC1CC=CC1. The van der Waals surface area contributed by atoms with Crippen molar-refractivity contribution in [3.05, 3.63) is 12.2 Å². The van der Waals surface area contributed by atoms with E-state index in [2.05, 4.69) is 17.5 Å². The average Bonchev–Trinajstić information content (AvgIpc) is 2.74. The third-order valence-corrected chi connectivity index (χ3v) is 3.57. The van der Waals surface area contributed by atoms with Gasteiger partial charge in [0.05, 0.1) is 5.41 Å². The molecule has 0 aliphatic heterocycles. The fourth-order valence-corrected chi connectivity index (χ4v) is 2.03. The molecule has 86 valence electrons. The van der Waals surface area contributed by atoms with Gasteiger partial charge in [-0.25, -0.2) is 0 Å².